The minimum absolute atomic E-state index is 0.120. The van der Waals surface area contributed by atoms with E-state index in [1.54, 1.807) is 25.3 Å². The van der Waals surface area contributed by atoms with Crippen LogP contribution in [0.2, 0.25) is 0 Å². The maximum atomic E-state index is 13.1. The lowest BCUT2D eigenvalue weighted by Crippen LogP contribution is -2.36. The fourth-order valence-electron chi connectivity index (χ4n) is 3.41. The average molecular weight is 380 g/mol. The maximum Gasteiger partial charge on any atom is 0.255 e. The Labute approximate surface area is 161 Å². The zero-order valence-corrected chi connectivity index (χ0v) is 15.5. The molecule has 0 spiro atoms. The van der Waals surface area contributed by atoms with Crippen molar-refractivity contribution in [1.29, 1.82) is 0 Å². The van der Waals surface area contributed by atoms with Crippen LogP contribution in [-0.4, -0.2) is 42.3 Å². The smallest absolute Gasteiger partial charge is 0.255 e. The topological polar surface area (TPSA) is 79.0 Å². The van der Waals surface area contributed by atoms with Crippen LogP contribution in [-0.2, 0) is 0 Å². The average Bonchev–Trinajstić information content (AvgIpc) is 3.36. The lowest BCUT2D eigenvalue weighted by atomic mass is 10.1. The Bertz CT molecular complexity index is 1020. The van der Waals surface area contributed by atoms with Gasteiger partial charge in [0.2, 0.25) is 0 Å². The minimum atomic E-state index is -0.280. The van der Waals surface area contributed by atoms with Gasteiger partial charge in [0.15, 0.2) is 0 Å². The molecule has 3 aromatic rings. The Morgan fingerprint density at radius 3 is 2.79 bits per heavy atom. The van der Waals surface area contributed by atoms with Crippen LogP contribution in [0.25, 0.3) is 23.1 Å². The van der Waals surface area contributed by atoms with Crippen molar-refractivity contribution in [3.63, 3.8) is 0 Å². The quantitative estimate of drug-likeness (QED) is 0.636. The molecule has 3 N–H and O–H groups in total. The summed E-state index contributed by atoms with van der Waals surface area (Å²) in [5.74, 6) is 0.0349. The number of amides is 1. The van der Waals surface area contributed by atoms with Crippen LogP contribution in [0.5, 0.6) is 5.75 Å². The Morgan fingerprint density at radius 2 is 2.07 bits per heavy atom. The second-order valence-corrected chi connectivity index (χ2v) is 6.73. The Kier molecular flexibility index (Phi) is 5.08. The first-order valence-electron chi connectivity index (χ1n) is 9.16. The van der Waals surface area contributed by atoms with Gasteiger partial charge in [-0.05, 0) is 48.9 Å². The molecule has 1 aromatic heterocycles. The standard InChI is InChI=1S/C21H21FN4O2/c1-28-20-16(21(27)24-15-10-11-23-12-15)7-9-18-19(20)17(25-26-18)8-4-13-2-5-14(22)6-3-13/h2-9,15,23H,10-12H2,1H3,(H,24,27)(H,25,26)/t15-/m0/s1. The van der Waals surface area contributed by atoms with Crippen LogP contribution < -0.4 is 15.4 Å². The number of fused-ring (bicyclic) bond motifs is 1. The summed E-state index contributed by atoms with van der Waals surface area (Å²) in [5.41, 5.74) is 2.74. The van der Waals surface area contributed by atoms with Gasteiger partial charge in [-0.1, -0.05) is 18.2 Å². The number of carbonyl (C=O) groups is 1. The normalized spacial score (nSPS) is 16.7. The van der Waals surface area contributed by atoms with Crippen LogP contribution in [0, 0.1) is 5.82 Å². The molecule has 4 rings (SSSR count). The van der Waals surface area contributed by atoms with E-state index in [9.17, 15) is 9.18 Å². The predicted molar refractivity (Wildman–Crippen MR) is 107 cm³/mol. The third-order valence-electron chi connectivity index (χ3n) is 4.86. The van der Waals surface area contributed by atoms with E-state index in [4.69, 9.17) is 4.74 Å². The van der Waals surface area contributed by atoms with Crippen molar-refractivity contribution in [1.82, 2.24) is 20.8 Å². The third-order valence-corrected chi connectivity index (χ3v) is 4.86. The molecule has 1 aliphatic heterocycles. The van der Waals surface area contributed by atoms with Crippen LogP contribution in [0.1, 0.15) is 28.0 Å². The lowest BCUT2D eigenvalue weighted by molar-refractivity contribution is 0.0937. The molecule has 0 radical (unpaired) electrons. The van der Waals surface area contributed by atoms with Gasteiger partial charge in [-0.25, -0.2) is 4.39 Å². The number of rotatable bonds is 5. The van der Waals surface area contributed by atoms with Crippen LogP contribution in [0.4, 0.5) is 4.39 Å². The third kappa shape index (κ3) is 3.61. The number of carbonyl (C=O) groups excluding carboxylic acids is 1. The molecule has 1 amide bonds. The molecule has 1 atom stereocenters. The molecule has 1 aliphatic rings. The molecule has 6 nitrogen and oxygen atoms in total. The van der Waals surface area contributed by atoms with Crippen LogP contribution in [0.3, 0.4) is 0 Å². The minimum Gasteiger partial charge on any atom is -0.495 e. The maximum absolute atomic E-state index is 13.1. The molecule has 0 bridgehead atoms. The molecule has 0 unspecified atom stereocenters. The van der Waals surface area contributed by atoms with E-state index in [0.717, 1.165) is 36.0 Å². The first-order valence-corrected chi connectivity index (χ1v) is 9.16. The molecular formula is C21H21FN4O2. The molecular weight excluding hydrogens is 359 g/mol. The van der Waals surface area contributed by atoms with E-state index in [1.165, 1.54) is 12.1 Å². The molecule has 2 heterocycles. The number of H-pyrrole nitrogens is 1. The molecule has 0 saturated carbocycles. The number of nitrogens with one attached hydrogen (secondary N) is 3. The van der Waals surface area contributed by atoms with E-state index >= 15 is 0 Å². The SMILES string of the molecule is COc1c(C(=O)N[C@H]2CCNC2)ccc2[nH]nc(C=Cc3ccc(F)cc3)c12. The van der Waals surface area contributed by atoms with E-state index in [2.05, 4.69) is 20.8 Å². The monoisotopic (exact) mass is 380 g/mol. The summed E-state index contributed by atoms with van der Waals surface area (Å²) in [7, 11) is 1.54. The summed E-state index contributed by atoms with van der Waals surface area (Å²) in [6.07, 6.45) is 4.57. The Morgan fingerprint density at radius 1 is 1.25 bits per heavy atom. The lowest BCUT2D eigenvalue weighted by Gasteiger charge is -2.14. The first kappa shape index (κ1) is 18.2. The van der Waals surface area contributed by atoms with Crippen molar-refractivity contribution < 1.29 is 13.9 Å². The van der Waals surface area contributed by atoms with Gasteiger partial charge in [-0.2, -0.15) is 5.10 Å². The molecule has 0 aliphatic carbocycles. The molecule has 144 valence electrons. The van der Waals surface area contributed by atoms with Gasteiger partial charge >= 0.3 is 0 Å². The van der Waals surface area contributed by atoms with Gasteiger partial charge in [0, 0.05) is 12.6 Å². The summed E-state index contributed by atoms with van der Waals surface area (Å²) < 4.78 is 18.7. The number of ether oxygens (including phenoxy) is 1. The summed E-state index contributed by atoms with van der Waals surface area (Å²) >= 11 is 0. The van der Waals surface area contributed by atoms with Crippen molar-refractivity contribution in [3.05, 3.63) is 59.0 Å². The van der Waals surface area contributed by atoms with Crippen molar-refractivity contribution in [3.8, 4) is 5.75 Å². The highest BCUT2D eigenvalue weighted by atomic mass is 19.1. The van der Waals surface area contributed by atoms with Gasteiger partial charge in [-0.15, -0.1) is 0 Å². The van der Waals surface area contributed by atoms with Crippen molar-refractivity contribution in [2.24, 2.45) is 0 Å². The number of aromatic amines is 1. The van der Waals surface area contributed by atoms with Gasteiger partial charge in [0.05, 0.1) is 29.3 Å². The van der Waals surface area contributed by atoms with Crippen molar-refractivity contribution in [2.45, 2.75) is 12.5 Å². The highest BCUT2D eigenvalue weighted by molar-refractivity contribution is 6.05. The van der Waals surface area contributed by atoms with Crippen molar-refractivity contribution in [2.75, 3.05) is 20.2 Å². The number of halogens is 1. The summed E-state index contributed by atoms with van der Waals surface area (Å²) in [6, 6.07) is 9.87. The highest BCUT2D eigenvalue weighted by Gasteiger charge is 2.22. The molecule has 1 saturated heterocycles. The second-order valence-electron chi connectivity index (χ2n) is 6.73. The van der Waals surface area contributed by atoms with Gasteiger partial charge in [0.25, 0.3) is 5.91 Å². The fourth-order valence-corrected chi connectivity index (χ4v) is 3.41. The molecule has 28 heavy (non-hydrogen) atoms. The summed E-state index contributed by atoms with van der Waals surface area (Å²) in [5, 5.41) is 14.3. The highest BCUT2D eigenvalue weighted by Crippen LogP contribution is 2.32. The van der Waals surface area contributed by atoms with E-state index < -0.39 is 0 Å². The van der Waals surface area contributed by atoms with Crippen LogP contribution >= 0.6 is 0 Å². The van der Waals surface area contributed by atoms with E-state index in [1.807, 2.05) is 18.2 Å². The van der Waals surface area contributed by atoms with Gasteiger partial charge in [0.1, 0.15) is 11.6 Å². The number of hydrogen-bond acceptors (Lipinski definition) is 4. The summed E-state index contributed by atoms with van der Waals surface area (Å²) in [6.45, 7) is 1.68. The Hall–Kier alpha value is -3.19. The number of aromatic nitrogens is 2. The number of benzene rings is 2. The fraction of sp³-hybridized carbons (Fsp3) is 0.238. The zero-order chi connectivity index (χ0) is 19.5. The number of methoxy groups -OCH3 is 1. The number of nitrogens with zero attached hydrogens (tertiary/aromatic N) is 1. The van der Waals surface area contributed by atoms with Gasteiger partial charge in [-0.3, -0.25) is 9.89 Å². The largest absolute Gasteiger partial charge is 0.495 e. The van der Waals surface area contributed by atoms with E-state index in [0.29, 0.717) is 17.0 Å². The van der Waals surface area contributed by atoms with Crippen LogP contribution in [0.15, 0.2) is 36.4 Å². The van der Waals surface area contributed by atoms with E-state index in [-0.39, 0.29) is 17.8 Å². The predicted octanol–water partition coefficient (Wildman–Crippen LogP) is 2.97. The van der Waals surface area contributed by atoms with Gasteiger partial charge < -0.3 is 15.4 Å². The Balaban J connectivity index is 1.68. The first-order chi connectivity index (χ1) is 13.7. The van der Waals surface area contributed by atoms with Crippen molar-refractivity contribution >= 4 is 29.0 Å². The summed E-state index contributed by atoms with van der Waals surface area (Å²) in [4.78, 5) is 12.8. The molecule has 1 fully saturated rings. The second kappa shape index (κ2) is 7.82. The molecule has 2 aromatic carbocycles. The number of hydrogen-bond donors (Lipinski definition) is 3. The zero-order valence-electron chi connectivity index (χ0n) is 15.5. The molecule has 7 heteroatoms.